The van der Waals surface area contributed by atoms with Gasteiger partial charge in [-0.15, -0.1) is 0 Å². The molecule has 0 aromatic carbocycles. The lowest BCUT2D eigenvalue weighted by molar-refractivity contribution is 0.00465. The molecule has 2 saturated heterocycles. The molecule has 11 heavy (non-hydrogen) atoms. The van der Waals surface area contributed by atoms with Crippen molar-refractivity contribution in [1.82, 2.24) is 5.32 Å². The molecule has 0 unspecified atom stereocenters. The van der Waals surface area contributed by atoms with Crippen molar-refractivity contribution in [3.63, 3.8) is 0 Å². The molecule has 0 radical (unpaired) electrons. The van der Waals surface area contributed by atoms with Gasteiger partial charge in [0.05, 0.1) is 25.4 Å². The standard InChI is InChI=1S/C8H15NO2/c1-2-8(11-4-1)7-6-10-5-3-9-7/h7-9H,1-6H2/t7-,8-/m1/s1. The van der Waals surface area contributed by atoms with E-state index in [2.05, 4.69) is 5.32 Å². The highest BCUT2D eigenvalue weighted by Crippen LogP contribution is 2.16. The molecule has 0 amide bonds. The third-order valence-corrected chi connectivity index (χ3v) is 2.36. The summed E-state index contributed by atoms with van der Waals surface area (Å²) >= 11 is 0. The Morgan fingerprint density at radius 3 is 2.91 bits per heavy atom. The fourth-order valence-electron chi connectivity index (χ4n) is 1.74. The van der Waals surface area contributed by atoms with E-state index in [1.54, 1.807) is 0 Å². The normalized spacial score (nSPS) is 39.3. The van der Waals surface area contributed by atoms with Crippen LogP contribution in [0.15, 0.2) is 0 Å². The molecule has 64 valence electrons. The van der Waals surface area contributed by atoms with E-state index in [0.29, 0.717) is 12.1 Å². The predicted molar refractivity (Wildman–Crippen MR) is 41.6 cm³/mol. The van der Waals surface area contributed by atoms with Gasteiger partial charge in [0.25, 0.3) is 0 Å². The van der Waals surface area contributed by atoms with Crippen LogP contribution in [0, 0.1) is 0 Å². The molecular formula is C8H15NO2. The van der Waals surface area contributed by atoms with Crippen LogP contribution < -0.4 is 5.32 Å². The van der Waals surface area contributed by atoms with E-state index >= 15 is 0 Å². The molecule has 3 nitrogen and oxygen atoms in total. The largest absolute Gasteiger partial charge is 0.378 e. The summed E-state index contributed by atoms with van der Waals surface area (Å²) < 4.78 is 10.9. The number of nitrogens with one attached hydrogen (secondary N) is 1. The van der Waals surface area contributed by atoms with Gasteiger partial charge in [-0.05, 0) is 12.8 Å². The van der Waals surface area contributed by atoms with E-state index in [4.69, 9.17) is 9.47 Å². The van der Waals surface area contributed by atoms with Gasteiger partial charge in [-0.25, -0.2) is 0 Å². The van der Waals surface area contributed by atoms with Crippen LogP contribution in [0.25, 0.3) is 0 Å². The lowest BCUT2D eigenvalue weighted by Gasteiger charge is -2.27. The molecule has 2 heterocycles. The number of ether oxygens (including phenoxy) is 2. The minimum absolute atomic E-state index is 0.412. The zero-order valence-electron chi connectivity index (χ0n) is 6.71. The Labute approximate surface area is 67.1 Å². The molecule has 2 rings (SSSR count). The average Bonchev–Trinajstić information content (AvgIpc) is 2.58. The monoisotopic (exact) mass is 157 g/mol. The highest BCUT2D eigenvalue weighted by molar-refractivity contribution is 4.81. The Morgan fingerprint density at radius 1 is 1.27 bits per heavy atom. The molecular weight excluding hydrogens is 142 g/mol. The molecule has 2 fully saturated rings. The summed E-state index contributed by atoms with van der Waals surface area (Å²) in [6.07, 6.45) is 2.82. The quantitative estimate of drug-likeness (QED) is 0.588. The number of morpholine rings is 1. The van der Waals surface area contributed by atoms with E-state index in [0.717, 1.165) is 26.4 Å². The van der Waals surface area contributed by atoms with Gasteiger partial charge in [-0.1, -0.05) is 0 Å². The maximum absolute atomic E-state index is 5.55. The van der Waals surface area contributed by atoms with Crippen molar-refractivity contribution in [2.75, 3.05) is 26.4 Å². The van der Waals surface area contributed by atoms with Crippen LogP contribution >= 0.6 is 0 Å². The summed E-state index contributed by atoms with van der Waals surface area (Å²) in [7, 11) is 0. The first kappa shape index (κ1) is 7.53. The second-order valence-electron chi connectivity index (χ2n) is 3.19. The summed E-state index contributed by atoms with van der Waals surface area (Å²) in [5.41, 5.74) is 0. The smallest absolute Gasteiger partial charge is 0.0751 e. The molecule has 0 bridgehead atoms. The molecule has 2 aliphatic heterocycles. The number of hydrogen-bond donors (Lipinski definition) is 1. The zero-order valence-corrected chi connectivity index (χ0v) is 6.71. The highest BCUT2D eigenvalue weighted by Gasteiger charge is 2.27. The number of hydrogen-bond acceptors (Lipinski definition) is 3. The number of rotatable bonds is 1. The van der Waals surface area contributed by atoms with E-state index < -0.39 is 0 Å². The Morgan fingerprint density at radius 2 is 2.27 bits per heavy atom. The van der Waals surface area contributed by atoms with Crippen LogP contribution in [0.5, 0.6) is 0 Å². The fraction of sp³-hybridized carbons (Fsp3) is 1.00. The SMILES string of the molecule is C1CO[C@@H]([C@H]2COCCN2)C1. The van der Waals surface area contributed by atoms with E-state index in [9.17, 15) is 0 Å². The minimum Gasteiger partial charge on any atom is -0.378 e. The zero-order chi connectivity index (χ0) is 7.52. The van der Waals surface area contributed by atoms with Gasteiger partial charge in [-0.3, -0.25) is 0 Å². The molecule has 2 atom stereocenters. The second kappa shape index (κ2) is 3.52. The van der Waals surface area contributed by atoms with Crippen molar-refractivity contribution in [3.8, 4) is 0 Å². The van der Waals surface area contributed by atoms with Crippen LogP contribution in [-0.2, 0) is 9.47 Å². The van der Waals surface area contributed by atoms with Crippen molar-refractivity contribution in [2.45, 2.75) is 25.0 Å². The van der Waals surface area contributed by atoms with Gasteiger partial charge in [0, 0.05) is 13.2 Å². The van der Waals surface area contributed by atoms with Crippen LogP contribution in [0.2, 0.25) is 0 Å². The topological polar surface area (TPSA) is 30.5 Å². The van der Waals surface area contributed by atoms with Crippen LogP contribution in [-0.4, -0.2) is 38.5 Å². The van der Waals surface area contributed by atoms with E-state index in [-0.39, 0.29) is 0 Å². The first-order chi connectivity index (χ1) is 5.47. The average molecular weight is 157 g/mol. The van der Waals surface area contributed by atoms with E-state index in [1.165, 1.54) is 12.8 Å². The summed E-state index contributed by atoms with van der Waals surface area (Å²) in [4.78, 5) is 0. The third kappa shape index (κ3) is 1.72. The summed E-state index contributed by atoms with van der Waals surface area (Å²) in [6.45, 7) is 3.58. The van der Waals surface area contributed by atoms with Crippen molar-refractivity contribution in [1.29, 1.82) is 0 Å². The van der Waals surface area contributed by atoms with Gasteiger partial charge < -0.3 is 14.8 Å². The molecule has 2 aliphatic rings. The molecule has 1 N–H and O–H groups in total. The lowest BCUT2D eigenvalue weighted by Crippen LogP contribution is -2.48. The molecule has 0 aromatic heterocycles. The Bertz CT molecular complexity index is 117. The van der Waals surface area contributed by atoms with Crippen molar-refractivity contribution >= 4 is 0 Å². The van der Waals surface area contributed by atoms with Gasteiger partial charge in [0.15, 0.2) is 0 Å². The van der Waals surface area contributed by atoms with Crippen LogP contribution in [0.1, 0.15) is 12.8 Å². The third-order valence-electron chi connectivity index (χ3n) is 2.36. The first-order valence-corrected chi connectivity index (χ1v) is 4.39. The first-order valence-electron chi connectivity index (χ1n) is 4.39. The second-order valence-corrected chi connectivity index (χ2v) is 3.19. The van der Waals surface area contributed by atoms with E-state index in [1.807, 2.05) is 0 Å². The van der Waals surface area contributed by atoms with Gasteiger partial charge in [0.1, 0.15) is 0 Å². The van der Waals surface area contributed by atoms with Crippen molar-refractivity contribution in [3.05, 3.63) is 0 Å². The van der Waals surface area contributed by atoms with Crippen LogP contribution in [0.3, 0.4) is 0 Å². The van der Waals surface area contributed by atoms with Crippen LogP contribution in [0.4, 0.5) is 0 Å². The fourth-order valence-corrected chi connectivity index (χ4v) is 1.74. The molecule has 0 saturated carbocycles. The summed E-state index contributed by atoms with van der Waals surface area (Å²) in [6, 6.07) is 0.450. The van der Waals surface area contributed by atoms with Crippen molar-refractivity contribution < 1.29 is 9.47 Å². The Balaban J connectivity index is 1.82. The molecule has 0 spiro atoms. The molecule has 0 aliphatic carbocycles. The Hall–Kier alpha value is -0.120. The van der Waals surface area contributed by atoms with Crippen molar-refractivity contribution in [2.24, 2.45) is 0 Å². The lowest BCUT2D eigenvalue weighted by atomic mass is 10.1. The maximum Gasteiger partial charge on any atom is 0.0751 e. The predicted octanol–water partition coefficient (Wildman–Crippen LogP) is 0.154. The molecule has 3 heteroatoms. The summed E-state index contributed by atoms with van der Waals surface area (Å²) in [5, 5.41) is 3.41. The molecule has 0 aromatic rings. The van der Waals surface area contributed by atoms with Gasteiger partial charge in [0.2, 0.25) is 0 Å². The van der Waals surface area contributed by atoms with Gasteiger partial charge in [-0.2, -0.15) is 0 Å². The Kier molecular flexibility index (Phi) is 2.41. The minimum atomic E-state index is 0.412. The highest BCUT2D eigenvalue weighted by atomic mass is 16.5. The van der Waals surface area contributed by atoms with Gasteiger partial charge >= 0.3 is 0 Å². The maximum atomic E-state index is 5.55. The summed E-state index contributed by atoms with van der Waals surface area (Å²) in [5.74, 6) is 0.